The molecule has 1 aromatic heterocycles. The molecule has 0 aromatic carbocycles. The second-order valence-corrected chi connectivity index (χ2v) is 6.06. The molecule has 2 aliphatic heterocycles. The molecule has 2 atom stereocenters. The Kier molecular flexibility index (Phi) is 3.71. The lowest BCUT2D eigenvalue weighted by atomic mass is 9.84. The van der Waals surface area contributed by atoms with Gasteiger partial charge in [-0.05, 0) is 63.0 Å². The summed E-state index contributed by atoms with van der Waals surface area (Å²) in [4.78, 5) is 9.20. The molecular formula is C15H24N4. The number of aromatic nitrogens is 1. The molecule has 0 spiro atoms. The smallest absolute Gasteiger partial charge is 0.123 e. The van der Waals surface area contributed by atoms with Gasteiger partial charge in [0.05, 0.1) is 0 Å². The third kappa shape index (κ3) is 2.90. The number of anilines is 1. The monoisotopic (exact) mass is 260 g/mol. The van der Waals surface area contributed by atoms with Gasteiger partial charge in [-0.25, -0.2) is 4.98 Å². The standard InChI is InChI=1S/C15H24N4/c1-18-7-2-3-13-11-19(8-5-14(13)18)10-12-4-6-17-15(16)9-12/h4,6,9,13-14H,2-3,5,7-8,10-11H2,1H3,(H2,16,17). The van der Waals surface area contributed by atoms with Crippen molar-refractivity contribution < 1.29 is 0 Å². The Labute approximate surface area is 115 Å². The minimum Gasteiger partial charge on any atom is -0.384 e. The molecule has 2 aliphatic rings. The Morgan fingerprint density at radius 1 is 1.37 bits per heavy atom. The van der Waals surface area contributed by atoms with Crippen LogP contribution in [-0.4, -0.2) is 47.5 Å². The summed E-state index contributed by atoms with van der Waals surface area (Å²) in [5.41, 5.74) is 7.04. The second kappa shape index (κ2) is 5.47. The number of rotatable bonds is 2. The third-order valence-corrected chi connectivity index (χ3v) is 4.68. The van der Waals surface area contributed by atoms with Crippen LogP contribution in [0.15, 0.2) is 18.3 Å². The number of fused-ring (bicyclic) bond motifs is 1. The van der Waals surface area contributed by atoms with Crippen molar-refractivity contribution in [3.63, 3.8) is 0 Å². The van der Waals surface area contributed by atoms with Crippen LogP contribution in [-0.2, 0) is 6.54 Å². The first-order chi connectivity index (χ1) is 9.22. The highest BCUT2D eigenvalue weighted by molar-refractivity contribution is 5.31. The van der Waals surface area contributed by atoms with E-state index in [-0.39, 0.29) is 0 Å². The first-order valence-corrected chi connectivity index (χ1v) is 7.35. The highest BCUT2D eigenvalue weighted by Gasteiger charge is 2.33. The van der Waals surface area contributed by atoms with Gasteiger partial charge in [-0.15, -0.1) is 0 Å². The maximum absolute atomic E-state index is 5.75. The fourth-order valence-electron chi connectivity index (χ4n) is 3.72. The number of pyridine rings is 1. The number of likely N-dealkylation sites (tertiary alicyclic amines) is 2. The van der Waals surface area contributed by atoms with Crippen molar-refractivity contribution >= 4 is 5.82 Å². The molecule has 0 amide bonds. The summed E-state index contributed by atoms with van der Waals surface area (Å²) in [6.07, 6.45) is 5.87. The average molecular weight is 260 g/mol. The molecule has 4 nitrogen and oxygen atoms in total. The van der Waals surface area contributed by atoms with Crippen LogP contribution in [0, 0.1) is 5.92 Å². The predicted octanol–water partition coefficient (Wildman–Crippen LogP) is 1.58. The largest absolute Gasteiger partial charge is 0.384 e. The van der Waals surface area contributed by atoms with E-state index >= 15 is 0 Å². The third-order valence-electron chi connectivity index (χ3n) is 4.68. The molecule has 3 heterocycles. The van der Waals surface area contributed by atoms with Crippen LogP contribution in [0.2, 0.25) is 0 Å². The number of nitrogen functional groups attached to an aromatic ring is 1. The Morgan fingerprint density at radius 2 is 2.26 bits per heavy atom. The van der Waals surface area contributed by atoms with E-state index in [0.29, 0.717) is 5.82 Å². The molecule has 0 aliphatic carbocycles. The fourth-order valence-corrected chi connectivity index (χ4v) is 3.72. The van der Waals surface area contributed by atoms with E-state index in [2.05, 4.69) is 27.9 Å². The number of hydrogen-bond donors (Lipinski definition) is 1. The minimum absolute atomic E-state index is 0.629. The van der Waals surface area contributed by atoms with E-state index in [1.807, 2.05) is 12.3 Å². The van der Waals surface area contributed by atoms with Crippen molar-refractivity contribution in [1.82, 2.24) is 14.8 Å². The number of piperidine rings is 2. The van der Waals surface area contributed by atoms with Gasteiger partial charge in [0.1, 0.15) is 5.82 Å². The zero-order chi connectivity index (χ0) is 13.2. The number of hydrogen-bond acceptors (Lipinski definition) is 4. The van der Waals surface area contributed by atoms with E-state index in [0.717, 1.165) is 18.5 Å². The lowest BCUT2D eigenvalue weighted by Gasteiger charge is -2.46. The van der Waals surface area contributed by atoms with Crippen LogP contribution >= 0.6 is 0 Å². The Balaban J connectivity index is 1.62. The van der Waals surface area contributed by atoms with Crippen molar-refractivity contribution in [2.75, 3.05) is 32.4 Å². The SMILES string of the molecule is CN1CCCC2CN(Cc3ccnc(N)c3)CCC21. The Hall–Kier alpha value is -1.13. The Bertz CT molecular complexity index is 434. The van der Waals surface area contributed by atoms with Gasteiger partial charge in [0.2, 0.25) is 0 Å². The molecule has 2 N–H and O–H groups in total. The molecule has 19 heavy (non-hydrogen) atoms. The normalized spacial score (nSPS) is 29.1. The topological polar surface area (TPSA) is 45.4 Å². The van der Waals surface area contributed by atoms with Crippen molar-refractivity contribution in [3.8, 4) is 0 Å². The predicted molar refractivity (Wildman–Crippen MR) is 77.7 cm³/mol. The molecule has 2 saturated heterocycles. The molecule has 4 heteroatoms. The van der Waals surface area contributed by atoms with E-state index < -0.39 is 0 Å². The average Bonchev–Trinajstić information content (AvgIpc) is 2.39. The zero-order valence-electron chi connectivity index (χ0n) is 11.8. The molecule has 2 fully saturated rings. The van der Waals surface area contributed by atoms with Crippen molar-refractivity contribution in [1.29, 1.82) is 0 Å². The lowest BCUT2D eigenvalue weighted by molar-refractivity contribution is 0.0355. The highest BCUT2D eigenvalue weighted by Crippen LogP contribution is 2.30. The lowest BCUT2D eigenvalue weighted by Crippen LogP contribution is -2.52. The van der Waals surface area contributed by atoms with E-state index in [4.69, 9.17) is 5.73 Å². The maximum atomic E-state index is 5.75. The van der Waals surface area contributed by atoms with Gasteiger partial charge in [-0.2, -0.15) is 0 Å². The molecule has 0 bridgehead atoms. The molecule has 104 valence electrons. The summed E-state index contributed by atoms with van der Waals surface area (Å²) in [6, 6.07) is 4.89. The van der Waals surface area contributed by atoms with E-state index in [1.165, 1.54) is 44.5 Å². The van der Waals surface area contributed by atoms with Gasteiger partial charge >= 0.3 is 0 Å². The van der Waals surface area contributed by atoms with Gasteiger partial charge in [0.15, 0.2) is 0 Å². The second-order valence-electron chi connectivity index (χ2n) is 6.06. The molecule has 0 saturated carbocycles. The van der Waals surface area contributed by atoms with Gasteiger partial charge < -0.3 is 10.6 Å². The molecule has 2 unspecified atom stereocenters. The summed E-state index contributed by atoms with van der Waals surface area (Å²) >= 11 is 0. The first kappa shape index (κ1) is 12.9. The van der Waals surface area contributed by atoms with Gasteiger partial charge in [-0.1, -0.05) is 0 Å². The van der Waals surface area contributed by atoms with Crippen molar-refractivity contribution in [2.24, 2.45) is 5.92 Å². The fraction of sp³-hybridized carbons (Fsp3) is 0.667. The van der Waals surface area contributed by atoms with Crippen LogP contribution in [0.5, 0.6) is 0 Å². The number of nitrogens with zero attached hydrogens (tertiary/aromatic N) is 3. The summed E-state index contributed by atoms with van der Waals surface area (Å²) in [6.45, 7) is 4.73. The maximum Gasteiger partial charge on any atom is 0.123 e. The molecule has 1 aromatic rings. The molecule has 0 radical (unpaired) electrons. The van der Waals surface area contributed by atoms with Crippen molar-refractivity contribution in [3.05, 3.63) is 23.9 Å². The van der Waals surface area contributed by atoms with Crippen molar-refractivity contribution in [2.45, 2.75) is 31.8 Å². The van der Waals surface area contributed by atoms with Crippen LogP contribution in [0.25, 0.3) is 0 Å². The zero-order valence-corrected chi connectivity index (χ0v) is 11.8. The summed E-state index contributed by atoms with van der Waals surface area (Å²) < 4.78 is 0. The quantitative estimate of drug-likeness (QED) is 0.877. The summed E-state index contributed by atoms with van der Waals surface area (Å²) in [5.74, 6) is 1.48. The van der Waals surface area contributed by atoms with E-state index in [9.17, 15) is 0 Å². The van der Waals surface area contributed by atoms with Crippen LogP contribution in [0.3, 0.4) is 0 Å². The molecular weight excluding hydrogens is 236 g/mol. The molecule has 3 rings (SSSR count). The van der Waals surface area contributed by atoms with E-state index in [1.54, 1.807) is 0 Å². The van der Waals surface area contributed by atoms with Gasteiger partial charge in [-0.3, -0.25) is 4.90 Å². The van der Waals surface area contributed by atoms with Crippen LogP contribution in [0.1, 0.15) is 24.8 Å². The Morgan fingerprint density at radius 3 is 3.11 bits per heavy atom. The number of nitrogens with two attached hydrogens (primary N) is 1. The van der Waals surface area contributed by atoms with Crippen LogP contribution < -0.4 is 5.73 Å². The minimum atomic E-state index is 0.629. The van der Waals surface area contributed by atoms with Crippen LogP contribution in [0.4, 0.5) is 5.82 Å². The summed E-state index contributed by atoms with van der Waals surface area (Å²) in [7, 11) is 2.29. The van der Waals surface area contributed by atoms with Gasteiger partial charge in [0, 0.05) is 25.3 Å². The summed E-state index contributed by atoms with van der Waals surface area (Å²) in [5, 5.41) is 0. The highest BCUT2D eigenvalue weighted by atomic mass is 15.2. The first-order valence-electron chi connectivity index (χ1n) is 7.35. The van der Waals surface area contributed by atoms with Gasteiger partial charge in [0.25, 0.3) is 0 Å².